The van der Waals surface area contributed by atoms with Crippen LogP contribution in [-0.4, -0.2) is 11.7 Å². The van der Waals surface area contributed by atoms with Crippen LogP contribution in [0.5, 0.6) is 0 Å². The van der Waals surface area contributed by atoms with E-state index in [1.165, 1.54) is 11.1 Å². The zero-order chi connectivity index (χ0) is 10.7. The van der Waals surface area contributed by atoms with Crippen molar-refractivity contribution in [2.75, 3.05) is 6.61 Å². The molecule has 1 nitrogen and oxygen atoms in total. The summed E-state index contributed by atoms with van der Waals surface area (Å²) in [4.78, 5) is 0. The van der Waals surface area contributed by atoms with Gasteiger partial charge in [0.05, 0.1) is 0 Å². The zero-order valence-corrected chi connectivity index (χ0v) is 10.5. The lowest BCUT2D eigenvalue weighted by molar-refractivity contribution is 0.272. The number of aliphatic hydroxyl groups excluding tert-OH is 1. The third-order valence-electron chi connectivity index (χ3n) is 2.48. The molecular formula is C12H17BrO. The van der Waals surface area contributed by atoms with Crippen LogP contribution >= 0.6 is 15.9 Å². The Hall–Kier alpha value is -0.340. The highest BCUT2D eigenvalue weighted by Gasteiger charge is 2.12. The molecule has 0 saturated carbocycles. The van der Waals surface area contributed by atoms with E-state index < -0.39 is 0 Å². The predicted molar refractivity (Wildman–Crippen MR) is 63.7 cm³/mol. The molecule has 1 aromatic carbocycles. The van der Waals surface area contributed by atoms with E-state index in [-0.39, 0.29) is 12.5 Å². The van der Waals surface area contributed by atoms with Crippen molar-refractivity contribution in [3.8, 4) is 0 Å². The second kappa shape index (κ2) is 4.94. The van der Waals surface area contributed by atoms with Gasteiger partial charge in [0.1, 0.15) is 0 Å². The summed E-state index contributed by atoms with van der Waals surface area (Å²) in [5, 5.41) is 9.17. The number of hydrogen-bond donors (Lipinski definition) is 1. The van der Waals surface area contributed by atoms with Crippen LogP contribution in [0, 0.1) is 0 Å². The molecule has 1 atom stereocenters. The molecule has 1 aromatic rings. The van der Waals surface area contributed by atoms with E-state index in [0.717, 1.165) is 4.47 Å². The molecule has 1 unspecified atom stereocenters. The molecule has 0 saturated heterocycles. The van der Waals surface area contributed by atoms with Gasteiger partial charge in [0.15, 0.2) is 0 Å². The first-order valence-electron chi connectivity index (χ1n) is 4.96. The molecule has 0 heterocycles. The van der Waals surface area contributed by atoms with Crippen LogP contribution in [0.4, 0.5) is 0 Å². The van der Waals surface area contributed by atoms with Crippen LogP contribution < -0.4 is 0 Å². The normalized spacial score (nSPS) is 13.3. The lowest BCUT2D eigenvalue weighted by atomic mass is 9.90. The largest absolute Gasteiger partial charge is 0.396 e. The molecule has 0 spiro atoms. The SMILES string of the molecule is CC(C)c1ccc(Br)cc1C(C)CO. The maximum absolute atomic E-state index is 9.17. The van der Waals surface area contributed by atoms with Crippen molar-refractivity contribution in [3.05, 3.63) is 33.8 Å². The highest BCUT2D eigenvalue weighted by molar-refractivity contribution is 9.10. The Kier molecular flexibility index (Phi) is 4.14. The summed E-state index contributed by atoms with van der Waals surface area (Å²) in [6, 6.07) is 6.30. The lowest BCUT2D eigenvalue weighted by Crippen LogP contribution is -2.04. The van der Waals surface area contributed by atoms with Crippen LogP contribution in [0.3, 0.4) is 0 Å². The van der Waals surface area contributed by atoms with Gasteiger partial charge < -0.3 is 5.11 Å². The smallest absolute Gasteiger partial charge is 0.0497 e. The van der Waals surface area contributed by atoms with Gasteiger partial charge in [-0.05, 0) is 29.2 Å². The molecule has 0 aliphatic rings. The fraction of sp³-hybridized carbons (Fsp3) is 0.500. The van der Waals surface area contributed by atoms with E-state index in [9.17, 15) is 5.11 Å². The standard InChI is InChI=1S/C12H17BrO/c1-8(2)11-5-4-10(13)6-12(11)9(3)7-14/h4-6,8-9,14H,7H2,1-3H3. The van der Waals surface area contributed by atoms with E-state index in [4.69, 9.17) is 0 Å². The Labute approximate surface area is 94.3 Å². The Bertz CT molecular complexity index is 307. The van der Waals surface area contributed by atoms with Gasteiger partial charge in [-0.25, -0.2) is 0 Å². The topological polar surface area (TPSA) is 20.2 Å². The quantitative estimate of drug-likeness (QED) is 0.875. The van der Waals surface area contributed by atoms with Crippen LogP contribution in [0.2, 0.25) is 0 Å². The van der Waals surface area contributed by atoms with Gasteiger partial charge in [-0.2, -0.15) is 0 Å². The summed E-state index contributed by atoms with van der Waals surface area (Å²) >= 11 is 3.46. The maximum atomic E-state index is 9.17. The first-order chi connectivity index (χ1) is 6.56. The number of rotatable bonds is 3. The van der Waals surface area contributed by atoms with Gasteiger partial charge in [0, 0.05) is 17.0 Å². The van der Waals surface area contributed by atoms with Crippen molar-refractivity contribution in [2.24, 2.45) is 0 Å². The van der Waals surface area contributed by atoms with Crippen LogP contribution in [0.15, 0.2) is 22.7 Å². The van der Waals surface area contributed by atoms with E-state index >= 15 is 0 Å². The Morgan fingerprint density at radius 1 is 1.21 bits per heavy atom. The Balaban J connectivity index is 3.15. The Morgan fingerprint density at radius 2 is 1.86 bits per heavy atom. The molecule has 1 N–H and O–H groups in total. The van der Waals surface area contributed by atoms with Crippen LogP contribution in [0.25, 0.3) is 0 Å². The third kappa shape index (κ3) is 2.58. The van der Waals surface area contributed by atoms with Gasteiger partial charge in [-0.3, -0.25) is 0 Å². The second-order valence-electron chi connectivity index (χ2n) is 4.01. The van der Waals surface area contributed by atoms with E-state index in [0.29, 0.717) is 5.92 Å². The number of hydrogen-bond acceptors (Lipinski definition) is 1. The van der Waals surface area contributed by atoms with Gasteiger partial charge in [-0.1, -0.05) is 42.8 Å². The molecular weight excluding hydrogens is 240 g/mol. The van der Waals surface area contributed by atoms with Crippen molar-refractivity contribution in [3.63, 3.8) is 0 Å². The molecule has 0 amide bonds. The van der Waals surface area contributed by atoms with Crippen molar-refractivity contribution in [1.82, 2.24) is 0 Å². The molecule has 0 radical (unpaired) electrons. The Morgan fingerprint density at radius 3 is 2.36 bits per heavy atom. The van der Waals surface area contributed by atoms with E-state index in [1.807, 2.05) is 6.92 Å². The maximum Gasteiger partial charge on any atom is 0.0497 e. The number of halogens is 1. The lowest BCUT2D eigenvalue weighted by Gasteiger charge is -2.17. The van der Waals surface area contributed by atoms with Gasteiger partial charge >= 0.3 is 0 Å². The van der Waals surface area contributed by atoms with Crippen LogP contribution in [-0.2, 0) is 0 Å². The molecule has 0 fully saturated rings. The minimum Gasteiger partial charge on any atom is -0.396 e. The van der Waals surface area contributed by atoms with Crippen molar-refractivity contribution in [1.29, 1.82) is 0 Å². The summed E-state index contributed by atoms with van der Waals surface area (Å²) in [6.45, 7) is 6.61. The predicted octanol–water partition coefficient (Wildman–Crippen LogP) is 3.67. The second-order valence-corrected chi connectivity index (χ2v) is 4.93. The monoisotopic (exact) mass is 256 g/mol. The molecule has 0 bridgehead atoms. The van der Waals surface area contributed by atoms with Gasteiger partial charge in [-0.15, -0.1) is 0 Å². The molecule has 1 rings (SSSR count). The summed E-state index contributed by atoms with van der Waals surface area (Å²) in [5.74, 6) is 0.719. The fourth-order valence-electron chi connectivity index (χ4n) is 1.60. The summed E-state index contributed by atoms with van der Waals surface area (Å²) in [6.07, 6.45) is 0. The van der Waals surface area contributed by atoms with Gasteiger partial charge in [0.25, 0.3) is 0 Å². The van der Waals surface area contributed by atoms with Crippen LogP contribution in [0.1, 0.15) is 43.7 Å². The number of benzene rings is 1. The highest BCUT2D eigenvalue weighted by atomic mass is 79.9. The van der Waals surface area contributed by atoms with Crippen molar-refractivity contribution in [2.45, 2.75) is 32.6 Å². The minimum absolute atomic E-state index is 0.205. The summed E-state index contributed by atoms with van der Waals surface area (Å²) < 4.78 is 1.08. The molecule has 2 heteroatoms. The minimum atomic E-state index is 0.205. The van der Waals surface area contributed by atoms with Gasteiger partial charge in [0.2, 0.25) is 0 Å². The first-order valence-corrected chi connectivity index (χ1v) is 5.75. The number of aliphatic hydroxyl groups is 1. The third-order valence-corrected chi connectivity index (χ3v) is 2.97. The summed E-state index contributed by atoms with van der Waals surface area (Å²) in [5.41, 5.74) is 2.58. The van der Waals surface area contributed by atoms with Crippen molar-refractivity contribution >= 4 is 15.9 Å². The summed E-state index contributed by atoms with van der Waals surface area (Å²) in [7, 11) is 0. The molecule has 0 aromatic heterocycles. The first kappa shape index (κ1) is 11.7. The molecule has 78 valence electrons. The average Bonchev–Trinajstić information content (AvgIpc) is 2.16. The fourth-order valence-corrected chi connectivity index (χ4v) is 1.98. The van der Waals surface area contributed by atoms with E-state index in [1.54, 1.807) is 0 Å². The van der Waals surface area contributed by atoms with Crippen molar-refractivity contribution < 1.29 is 5.11 Å². The zero-order valence-electron chi connectivity index (χ0n) is 8.92. The average molecular weight is 257 g/mol. The molecule has 14 heavy (non-hydrogen) atoms. The van der Waals surface area contributed by atoms with E-state index in [2.05, 4.69) is 48.0 Å². The highest BCUT2D eigenvalue weighted by Crippen LogP contribution is 2.28. The molecule has 0 aliphatic heterocycles. The molecule has 0 aliphatic carbocycles.